The van der Waals surface area contributed by atoms with Gasteiger partial charge < -0.3 is 4.90 Å². The van der Waals surface area contributed by atoms with E-state index < -0.39 is 0 Å². The van der Waals surface area contributed by atoms with Crippen molar-refractivity contribution in [3.8, 4) is 16.9 Å². The Labute approximate surface area is 219 Å². The highest BCUT2D eigenvalue weighted by atomic mass is 35.5. The van der Waals surface area contributed by atoms with Crippen LogP contribution in [0.4, 0.5) is 5.95 Å². The molecule has 4 rings (SSSR count). The largest absolute Gasteiger partial charge is 0.326 e. The quantitative estimate of drug-likeness (QED) is 0.273. The Hall–Kier alpha value is -3.87. The minimum Gasteiger partial charge on any atom is -0.326 e. The van der Waals surface area contributed by atoms with Gasteiger partial charge in [0.25, 0.3) is 5.91 Å². The summed E-state index contributed by atoms with van der Waals surface area (Å²) < 4.78 is 1.81. The van der Waals surface area contributed by atoms with Crippen molar-refractivity contribution in [2.24, 2.45) is 0 Å². The molecule has 2 amide bonds. The number of nitrogens with zero attached hydrogens (tertiary/aromatic N) is 3. The van der Waals surface area contributed by atoms with Crippen molar-refractivity contribution >= 4 is 41.0 Å². The summed E-state index contributed by atoms with van der Waals surface area (Å²) in [4.78, 5) is 32.2. The number of hydrogen-bond acceptors (Lipinski definition) is 3. The second-order valence-corrected chi connectivity index (χ2v) is 9.06. The highest BCUT2D eigenvalue weighted by molar-refractivity contribution is 6.31. The molecular weight excluding hydrogens is 495 g/mol. The Bertz CT molecular complexity index is 1380. The molecule has 3 aromatic carbocycles. The zero-order chi connectivity index (χ0) is 25.7. The number of anilines is 1. The van der Waals surface area contributed by atoms with Crippen LogP contribution in [-0.4, -0.2) is 39.4 Å². The summed E-state index contributed by atoms with van der Waals surface area (Å²) in [6.45, 7) is 5.75. The molecule has 0 saturated heterocycles. The topological polar surface area (TPSA) is 67.2 Å². The number of rotatable bonds is 8. The number of hydrogen-bond donors (Lipinski definition) is 1. The normalized spacial score (nSPS) is 10.6. The lowest BCUT2D eigenvalue weighted by Gasteiger charge is -2.21. The van der Waals surface area contributed by atoms with E-state index in [9.17, 15) is 9.59 Å². The Kier molecular flexibility index (Phi) is 7.88. The van der Waals surface area contributed by atoms with Crippen molar-refractivity contribution in [3.63, 3.8) is 0 Å². The SMILES string of the molecule is C=CCN(CC(=O)Nc1nc(-c2ccc(Cl)cc2)cn1-c1ccc(C)cc1)C(=O)c1ccc(Cl)cc1. The van der Waals surface area contributed by atoms with Crippen LogP contribution in [0.25, 0.3) is 16.9 Å². The smallest absolute Gasteiger partial charge is 0.254 e. The summed E-state index contributed by atoms with van der Waals surface area (Å²) in [5.41, 5.74) is 3.90. The number of imidazole rings is 1. The van der Waals surface area contributed by atoms with Gasteiger partial charge in [-0.15, -0.1) is 6.58 Å². The number of carbonyl (C=O) groups is 2. The molecule has 1 heterocycles. The average Bonchev–Trinajstić information content (AvgIpc) is 3.28. The lowest BCUT2D eigenvalue weighted by molar-refractivity contribution is -0.116. The fraction of sp³-hybridized carbons (Fsp3) is 0.107. The Morgan fingerprint density at radius 1 is 0.972 bits per heavy atom. The summed E-state index contributed by atoms with van der Waals surface area (Å²) in [5.74, 6) is -0.350. The molecule has 0 unspecified atom stereocenters. The predicted octanol–water partition coefficient (Wildman–Crippen LogP) is 6.42. The van der Waals surface area contributed by atoms with Crippen molar-refractivity contribution < 1.29 is 9.59 Å². The molecule has 0 bridgehead atoms. The molecule has 6 nitrogen and oxygen atoms in total. The third-order valence-corrected chi connectivity index (χ3v) is 5.98. The van der Waals surface area contributed by atoms with Gasteiger partial charge in [-0.3, -0.25) is 19.5 Å². The summed E-state index contributed by atoms with van der Waals surface area (Å²) in [6, 6.07) is 21.7. The molecule has 8 heteroatoms. The number of amides is 2. The fourth-order valence-electron chi connectivity index (χ4n) is 3.62. The van der Waals surface area contributed by atoms with E-state index in [1.807, 2.05) is 49.5 Å². The molecule has 1 aromatic heterocycles. The van der Waals surface area contributed by atoms with Crippen LogP contribution in [0.2, 0.25) is 10.0 Å². The molecule has 4 aromatic rings. The Morgan fingerprint density at radius 3 is 2.19 bits per heavy atom. The first-order chi connectivity index (χ1) is 17.3. The molecule has 182 valence electrons. The van der Waals surface area contributed by atoms with Crippen LogP contribution >= 0.6 is 23.2 Å². The molecule has 0 spiro atoms. The fourth-order valence-corrected chi connectivity index (χ4v) is 3.87. The number of carbonyl (C=O) groups excluding carboxylic acids is 2. The van der Waals surface area contributed by atoms with E-state index in [1.165, 1.54) is 4.90 Å². The summed E-state index contributed by atoms with van der Waals surface area (Å²) in [6.07, 6.45) is 3.43. The second-order valence-electron chi connectivity index (χ2n) is 8.19. The van der Waals surface area contributed by atoms with Crippen molar-refractivity contribution in [2.75, 3.05) is 18.4 Å². The number of aryl methyl sites for hydroxylation is 1. The molecule has 0 aliphatic rings. The van der Waals surface area contributed by atoms with Crippen LogP contribution in [0, 0.1) is 6.92 Å². The van der Waals surface area contributed by atoms with E-state index in [2.05, 4.69) is 16.9 Å². The van der Waals surface area contributed by atoms with Crippen LogP contribution in [0.15, 0.2) is 91.6 Å². The second kappa shape index (κ2) is 11.2. The summed E-state index contributed by atoms with van der Waals surface area (Å²) in [7, 11) is 0. The van der Waals surface area contributed by atoms with Gasteiger partial charge in [0.2, 0.25) is 11.9 Å². The van der Waals surface area contributed by atoms with E-state index in [-0.39, 0.29) is 24.9 Å². The molecular formula is C28H24Cl2N4O2. The van der Waals surface area contributed by atoms with Crippen LogP contribution in [-0.2, 0) is 4.79 Å². The first-order valence-electron chi connectivity index (χ1n) is 11.2. The maximum Gasteiger partial charge on any atom is 0.254 e. The monoisotopic (exact) mass is 518 g/mol. The number of benzene rings is 3. The molecule has 0 atom stereocenters. The molecule has 1 N–H and O–H groups in total. The first-order valence-corrected chi connectivity index (χ1v) is 12.0. The molecule has 0 fully saturated rings. The average molecular weight is 519 g/mol. The van der Waals surface area contributed by atoms with E-state index in [1.54, 1.807) is 47.0 Å². The molecule has 36 heavy (non-hydrogen) atoms. The maximum absolute atomic E-state index is 13.1. The zero-order valence-corrected chi connectivity index (χ0v) is 21.1. The van der Waals surface area contributed by atoms with Gasteiger partial charge in [0.1, 0.15) is 6.54 Å². The zero-order valence-electron chi connectivity index (χ0n) is 19.6. The molecule has 0 saturated carbocycles. The maximum atomic E-state index is 13.1. The first kappa shape index (κ1) is 25.2. The van der Waals surface area contributed by atoms with E-state index in [4.69, 9.17) is 23.2 Å². The highest BCUT2D eigenvalue weighted by Crippen LogP contribution is 2.26. The van der Waals surface area contributed by atoms with Gasteiger partial charge in [-0.25, -0.2) is 4.98 Å². The molecule has 0 radical (unpaired) electrons. The molecule has 0 aliphatic carbocycles. The van der Waals surface area contributed by atoms with Gasteiger partial charge in [0, 0.05) is 39.6 Å². The predicted molar refractivity (Wildman–Crippen MR) is 145 cm³/mol. The Balaban J connectivity index is 1.60. The lowest BCUT2D eigenvalue weighted by Crippen LogP contribution is -2.38. The number of nitrogens with one attached hydrogen (secondary N) is 1. The van der Waals surface area contributed by atoms with Crippen molar-refractivity contribution in [1.29, 1.82) is 0 Å². The summed E-state index contributed by atoms with van der Waals surface area (Å²) in [5, 5.41) is 4.02. The van der Waals surface area contributed by atoms with E-state index >= 15 is 0 Å². The Morgan fingerprint density at radius 2 is 1.58 bits per heavy atom. The number of aromatic nitrogens is 2. The van der Waals surface area contributed by atoms with Crippen LogP contribution < -0.4 is 5.32 Å². The van der Waals surface area contributed by atoms with Gasteiger partial charge in [-0.2, -0.15) is 0 Å². The number of halogens is 2. The van der Waals surface area contributed by atoms with Gasteiger partial charge in [-0.1, -0.05) is 59.1 Å². The van der Waals surface area contributed by atoms with Crippen molar-refractivity contribution in [2.45, 2.75) is 6.92 Å². The summed E-state index contributed by atoms with van der Waals surface area (Å²) >= 11 is 12.0. The minimum absolute atomic E-state index is 0.176. The third kappa shape index (κ3) is 6.03. The third-order valence-electron chi connectivity index (χ3n) is 5.47. The van der Waals surface area contributed by atoms with E-state index in [0.717, 1.165) is 16.8 Å². The van der Waals surface area contributed by atoms with Crippen LogP contribution in [0.3, 0.4) is 0 Å². The lowest BCUT2D eigenvalue weighted by atomic mass is 10.2. The standard InChI is InChI=1S/C28H24Cl2N4O2/c1-3-16-33(27(36)21-8-12-23(30)13-9-21)18-26(35)32-28-31-25(20-6-10-22(29)11-7-20)17-34(28)24-14-4-19(2)5-15-24/h3-15,17H,1,16,18H2,2H3,(H,31,32,35). The highest BCUT2D eigenvalue weighted by Gasteiger charge is 2.20. The van der Waals surface area contributed by atoms with Crippen molar-refractivity contribution in [1.82, 2.24) is 14.5 Å². The van der Waals surface area contributed by atoms with Gasteiger partial charge in [-0.05, 0) is 55.5 Å². The van der Waals surface area contributed by atoms with Crippen LogP contribution in [0.1, 0.15) is 15.9 Å². The van der Waals surface area contributed by atoms with Gasteiger partial charge in [0.05, 0.1) is 5.69 Å². The van der Waals surface area contributed by atoms with Crippen molar-refractivity contribution in [3.05, 3.63) is 113 Å². The van der Waals surface area contributed by atoms with E-state index in [0.29, 0.717) is 27.3 Å². The molecule has 0 aliphatic heterocycles. The van der Waals surface area contributed by atoms with Gasteiger partial charge >= 0.3 is 0 Å². The van der Waals surface area contributed by atoms with Gasteiger partial charge in [0.15, 0.2) is 0 Å². The van der Waals surface area contributed by atoms with Crippen LogP contribution in [0.5, 0.6) is 0 Å². The minimum atomic E-state index is -0.388.